The van der Waals surface area contributed by atoms with Crippen molar-refractivity contribution in [1.82, 2.24) is 5.32 Å². The summed E-state index contributed by atoms with van der Waals surface area (Å²) in [5.74, 6) is 0. The van der Waals surface area contributed by atoms with Gasteiger partial charge in [-0.05, 0) is 58.9 Å². The highest BCUT2D eigenvalue weighted by Gasteiger charge is 2.37. The summed E-state index contributed by atoms with van der Waals surface area (Å²) in [4.78, 5) is 12.0. The summed E-state index contributed by atoms with van der Waals surface area (Å²) in [6, 6.07) is 8.46. The Bertz CT molecular complexity index is 540. The number of hydrogen-bond donors (Lipinski definition) is 2. The van der Waals surface area contributed by atoms with Crippen LogP contribution in [0.2, 0.25) is 0 Å². The van der Waals surface area contributed by atoms with E-state index in [1.807, 2.05) is 20.8 Å². The predicted octanol–water partition coefficient (Wildman–Crippen LogP) is 3.69. The number of aryl methyl sites for hydroxylation is 1. The number of carbonyl (C=O) groups is 1. The van der Waals surface area contributed by atoms with Crippen LogP contribution in [0.3, 0.4) is 0 Å². The molecule has 1 fully saturated rings. The maximum Gasteiger partial charge on any atom is 0.407 e. The minimum Gasteiger partial charge on any atom is -0.444 e. The topological polar surface area (TPSA) is 58.6 Å². The Kier molecular flexibility index (Phi) is 5.35. The molecule has 0 heterocycles. The zero-order valence-electron chi connectivity index (χ0n) is 14.7. The summed E-state index contributed by atoms with van der Waals surface area (Å²) < 4.78 is 5.36. The Morgan fingerprint density at radius 1 is 1.35 bits per heavy atom. The third-order valence-electron chi connectivity index (χ3n) is 4.51. The molecule has 4 nitrogen and oxygen atoms in total. The number of rotatable bonds is 3. The van der Waals surface area contributed by atoms with Crippen molar-refractivity contribution < 1.29 is 14.6 Å². The highest BCUT2D eigenvalue weighted by Crippen LogP contribution is 2.39. The monoisotopic (exact) mass is 319 g/mol. The lowest BCUT2D eigenvalue weighted by Gasteiger charge is -2.40. The van der Waals surface area contributed by atoms with Crippen molar-refractivity contribution in [2.24, 2.45) is 0 Å². The molecule has 1 aromatic carbocycles. The van der Waals surface area contributed by atoms with E-state index in [1.165, 1.54) is 11.1 Å². The van der Waals surface area contributed by atoms with Crippen molar-refractivity contribution >= 4 is 6.09 Å². The molecule has 2 rings (SSSR count). The van der Waals surface area contributed by atoms with E-state index in [0.717, 1.165) is 25.7 Å². The van der Waals surface area contributed by atoms with Gasteiger partial charge in [-0.25, -0.2) is 4.79 Å². The normalized spacial score (nSPS) is 25.0. The average molecular weight is 319 g/mol. The van der Waals surface area contributed by atoms with Gasteiger partial charge in [0.2, 0.25) is 0 Å². The first-order valence-corrected chi connectivity index (χ1v) is 8.42. The second kappa shape index (κ2) is 6.91. The first-order chi connectivity index (χ1) is 10.7. The molecule has 1 amide bonds. The number of carbonyl (C=O) groups excluding carboxylic acids is 1. The van der Waals surface area contributed by atoms with Crippen molar-refractivity contribution in [2.75, 3.05) is 6.54 Å². The van der Waals surface area contributed by atoms with Crippen LogP contribution in [0, 0.1) is 6.92 Å². The van der Waals surface area contributed by atoms with Gasteiger partial charge in [0.05, 0.1) is 6.10 Å². The third-order valence-corrected chi connectivity index (χ3v) is 4.51. The zero-order chi connectivity index (χ0) is 17.1. The molecule has 128 valence electrons. The lowest BCUT2D eigenvalue weighted by atomic mass is 9.68. The van der Waals surface area contributed by atoms with Crippen LogP contribution in [-0.4, -0.2) is 29.4 Å². The number of ether oxygens (including phenoxy) is 1. The van der Waals surface area contributed by atoms with Crippen LogP contribution in [0.5, 0.6) is 0 Å². The van der Waals surface area contributed by atoms with E-state index in [-0.39, 0.29) is 17.6 Å². The minimum atomic E-state index is -0.497. The first-order valence-electron chi connectivity index (χ1n) is 8.42. The summed E-state index contributed by atoms with van der Waals surface area (Å²) in [5, 5.41) is 12.8. The van der Waals surface area contributed by atoms with Gasteiger partial charge in [0.25, 0.3) is 0 Å². The van der Waals surface area contributed by atoms with E-state index in [2.05, 4.69) is 36.5 Å². The van der Waals surface area contributed by atoms with E-state index >= 15 is 0 Å². The average Bonchev–Trinajstić information content (AvgIpc) is 2.45. The molecule has 0 atom stereocenters. The summed E-state index contributed by atoms with van der Waals surface area (Å²) in [5.41, 5.74) is 1.83. The summed E-state index contributed by atoms with van der Waals surface area (Å²) in [6.45, 7) is 8.20. The first kappa shape index (κ1) is 17.8. The van der Waals surface area contributed by atoms with Crippen LogP contribution in [0.25, 0.3) is 0 Å². The highest BCUT2D eigenvalue weighted by molar-refractivity contribution is 5.67. The molecule has 0 unspecified atom stereocenters. The molecule has 1 saturated carbocycles. The molecule has 23 heavy (non-hydrogen) atoms. The lowest BCUT2D eigenvalue weighted by molar-refractivity contribution is 0.0487. The van der Waals surface area contributed by atoms with Crippen molar-refractivity contribution in [3.63, 3.8) is 0 Å². The standard InChI is InChI=1S/C19H29NO3/c1-14-6-5-7-15(12-14)19(10-8-16(21)9-11-19)13-20-17(22)23-18(2,3)4/h5-7,12,16,21H,8-11,13H2,1-4H3,(H,20,22). The molecular formula is C19H29NO3. The van der Waals surface area contributed by atoms with Gasteiger partial charge in [-0.2, -0.15) is 0 Å². The maximum absolute atomic E-state index is 12.0. The van der Waals surface area contributed by atoms with Gasteiger partial charge in [-0.1, -0.05) is 29.8 Å². The van der Waals surface area contributed by atoms with Gasteiger partial charge in [0.1, 0.15) is 5.60 Å². The number of alkyl carbamates (subject to hydrolysis) is 1. The van der Waals surface area contributed by atoms with Crippen LogP contribution in [0.15, 0.2) is 24.3 Å². The molecule has 1 aliphatic rings. The molecule has 0 radical (unpaired) electrons. The Hall–Kier alpha value is -1.55. The molecule has 0 aliphatic heterocycles. The van der Waals surface area contributed by atoms with E-state index in [4.69, 9.17) is 4.74 Å². The second-order valence-corrected chi connectivity index (χ2v) is 7.74. The minimum absolute atomic E-state index is 0.123. The number of amides is 1. The van der Waals surface area contributed by atoms with Crippen LogP contribution in [0.1, 0.15) is 57.6 Å². The van der Waals surface area contributed by atoms with Gasteiger partial charge >= 0.3 is 6.09 Å². The van der Waals surface area contributed by atoms with Gasteiger partial charge in [-0.3, -0.25) is 0 Å². The Balaban J connectivity index is 2.14. The van der Waals surface area contributed by atoms with E-state index in [0.29, 0.717) is 6.54 Å². The summed E-state index contributed by atoms with van der Waals surface area (Å²) in [7, 11) is 0. The van der Waals surface area contributed by atoms with E-state index in [1.54, 1.807) is 0 Å². The molecular weight excluding hydrogens is 290 g/mol. The summed E-state index contributed by atoms with van der Waals surface area (Å²) >= 11 is 0. The fraction of sp³-hybridized carbons (Fsp3) is 0.632. The van der Waals surface area contributed by atoms with Gasteiger partial charge in [0.15, 0.2) is 0 Å². The molecule has 2 N–H and O–H groups in total. The van der Waals surface area contributed by atoms with Crippen LogP contribution in [-0.2, 0) is 10.2 Å². The predicted molar refractivity (Wildman–Crippen MR) is 91.6 cm³/mol. The quantitative estimate of drug-likeness (QED) is 0.893. The Labute approximate surface area is 139 Å². The van der Waals surface area contributed by atoms with Crippen molar-refractivity contribution in [1.29, 1.82) is 0 Å². The Morgan fingerprint density at radius 2 is 2.00 bits per heavy atom. The maximum atomic E-state index is 12.0. The molecule has 0 spiro atoms. The number of hydrogen-bond acceptors (Lipinski definition) is 3. The van der Waals surface area contributed by atoms with Crippen LogP contribution in [0.4, 0.5) is 4.79 Å². The van der Waals surface area contributed by atoms with Gasteiger partial charge < -0.3 is 15.2 Å². The fourth-order valence-electron chi connectivity index (χ4n) is 3.25. The van der Waals surface area contributed by atoms with Crippen molar-refractivity contribution in [2.45, 2.75) is 70.5 Å². The highest BCUT2D eigenvalue weighted by atomic mass is 16.6. The smallest absolute Gasteiger partial charge is 0.407 e. The molecule has 1 aliphatic carbocycles. The zero-order valence-corrected chi connectivity index (χ0v) is 14.7. The number of benzene rings is 1. The molecule has 4 heteroatoms. The number of aliphatic hydroxyl groups excluding tert-OH is 1. The number of aliphatic hydroxyl groups is 1. The molecule has 0 saturated heterocycles. The van der Waals surface area contributed by atoms with E-state index < -0.39 is 5.60 Å². The summed E-state index contributed by atoms with van der Waals surface area (Å²) in [6.07, 6.45) is 2.67. The van der Waals surface area contributed by atoms with Crippen molar-refractivity contribution in [3.8, 4) is 0 Å². The van der Waals surface area contributed by atoms with Gasteiger partial charge in [-0.15, -0.1) is 0 Å². The molecule has 1 aromatic rings. The van der Waals surface area contributed by atoms with Crippen LogP contribution >= 0.6 is 0 Å². The largest absolute Gasteiger partial charge is 0.444 e. The van der Waals surface area contributed by atoms with E-state index in [9.17, 15) is 9.90 Å². The Morgan fingerprint density at radius 3 is 2.57 bits per heavy atom. The molecule has 0 bridgehead atoms. The fourth-order valence-corrected chi connectivity index (χ4v) is 3.25. The van der Waals surface area contributed by atoms with Crippen LogP contribution < -0.4 is 5.32 Å². The lowest BCUT2D eigenvalue weighted by Crippen LogP contribution is -2.45. The van der Waals surface area contributed by atoms with Gasteiger partial charge in [0, 0.05) is 12.0 Å². The third kappa shape index (κ3) is 4.96. The SMILES string of the molecule is Cc1cccc(C2(CNC(=O)OC(C)(C)C)CCC(O)CC2)c1. The number of nitrogens with one attached hydrogen (secondary N) is 1. The molecule has 0 aromatic heterocycles. The van der Waals surface area contributed by atoms with Crippen molar-refractivity contribution in [3.05, 3.63) is 35.4 Å². The second-order valence-electron chi connectivity index (χ2n) is 7.74.